The lowest BCUT2D eigenvalue weighted by Gasteiger charge is -2.10. The van der Waals surface area contributed by atoms with Crippen molar-refractivity contribution in [3.8, 4) is 5.75 Å². The van der Waals surface area contributed by atoms with Crippen LogP contribution in [-0.4, -0.2) is 16.6 Å². The molecule has 0 radical (unpaired) electrons. The second-order valence-corrected chi connectivity index (χ2v) is 3.87. The quantitative estimate of drug-likeness (QED) is 0.625. The van der Waals surface area contributed by atoms with Crippen LogP contribution in [0, 0.1) is 13.8 Å². The van der Waals surface area contributed by atoms with E-state index in [0.29, 0.717) is 12.4 Å². The molecule has 0 aliphatic carbocycles. The first-order valence-corrected chi connectivity index (χ1v) is 5.54. The van der Waals surface area contributed by atoms with Crippen LogP contribution in [0.3, 0.4) is 0 Å². The van der Waals surface area contributed by atoms with Crippen molar-refractivity contribution >= 4 is 16.9 Å². The van der Waals surface area contributed by atoms with Gasteiger partial charge in [-0.05, 0) is 38.5 Å². The summed E-state index contributed by atoms with van der Waals surface area (Å²) >= 11 is 0. The van der Waals surface area contributed by atoms with Crippen LogP contribution in [-0.2, 0) is 0 Å². The van der Waals surface area contributed by atoms with Gasteiger partial charge in [-0.2, -0.15) is 0 Å². The van der Waals surface area contributed by atoms with Crippen LogP contribution in [0.25, 0.3) is 11.0 Å². The summed E-state index contributed by atoms with van der Waals surface area (Å²) in [6.45, 7) is 6.41. The molecule has 1 aromatic carbocycles. The number of nitrogens with one attached hydrogen (secondary N) is 1. The zero-order valence-electron chi connectivity index (χ0n) is 10.2. The Morgan fingerprint density at radius 2 is 2.06 bits per heavy atom. The molecule has 0 aliphatic heterocycles. The number of aromatic nitrogens is 2. The summed E-state index contributed by atoms with van der Waals surface area (Å²) < 4.78 is 5.57. The van der Waals surface area contributed by atoms with E-state index in [4.69, 9.17) is 10.6 Å². The molecule has 2 aromatic rings. The zero-order valence-corrected chi connectivity index (χ0v) is 10.2. The first-order chi connectivity index (χ1) is 8.15. The van der Waals surface area contributed by atoms with Gasteiger partial charge in [-0.1, -0.05) is 0 Å². The number of hydrogen-bond donors (Lipinski definition) is 2. The molecular formula is C12H16N4O. The Hall–Kier alpha value is -1.88. The van der Waals surface area contributed by atoms with Gasteiger partial charge >= 0.3 is 0 Å². The van der Waals surface area contributed by atoms with Crippen molar-refractivity contribution in [2.75, 3.05) is 12.0 Å². The molecule has 0 atom stereocenters. The average Bonchev–Trinajstić information content (AvgIpc) is 2.29. The topological polar surface area (TPSA) is 73.1 Å². The van der Waals surface area contributed by atoms with E-state index in [1.165, 1.54) is 0 Å². The Bertz CT molecular complexity index is 554. The van der Waals surface area contributed by atoms with Crippen LogP contribution in [0.2, 0.25) is 0 Å². The lowest BCUT2D eigenvalue weighted by atomic mass is 10.2. The van der Waals surface area contributed by atoms with E-state index < -0.39 is 0 Å². The molecule has 0 spiro atoms. The molecular weight excluding hydrogens is 216 g/mol. The third-order valence-electron chi connectivity index (χ3n) is 2.49. The van der Waals surface area contributed by atoms with Crippen LogP contribution in [0.4, 0.5) is 5.82 Å². The number of fused-ring (bicyclic) bond motifs is 1. The number of benzene rings is 1. The Morgan fingerprint density at radius 1 is 1.29 bits per heavy atom. The normalized spacial score (nSPS) is 10.6. The molecule has 5 nitrogen and oxygen atoms in total. The van der Waals surface area contributed by atoms with Gasteiger partial charge in [0.05, 0.1) is 17.8 Å². The molecule has 5 heteroatoms. The smallest absolute Gasteiger partial charge is 0.162 e. The summed E-state index contributed by atoms with van der Waals surface area (Å²) in [5.74, 6) is 6.75. The number of ether oxygens (including phenoxy) is 1. The fraction of sp³-hybridized carbons (Fsp3) is 0.333. The van der Waals surface area contributed by atoms with Crippen molar-refractivity contribution in [2.45, 2.75) is 20.8 Å². The number of rotatable bonds is 3. The molecule has 0 unspecified atom stereocenters. The first-order valence-electron chi connectivity index (χ1n) is 5.54. The van der Waals surface area contributed by atoms with Crippen LogP contribution in [0.1, 0.15) is 18.2 Å². The number of nitrogens with two attached hydrogens (primary N) is 1. The Balaban J connectivity index is 2.71. The number of hydrogen-bond acceptors (Lipinski definition) is 5. The van der Waals surface area contributed by atoms with Crippen molar-refractivity contribution in [1.29, 1.82) is 0 Å². The maximum Gasteiger partial charge on any atom is 0.162 e. The fourth-order valence-corrected chi connectivity index (χ4v) is 1.75. The number of nitrogens with zero attached hydrogens (tertiary/aromatic N) is 2. The molecule has 0 fully saturated rings. The van der Waals surface area contributed by atoms with Crippen molar-refractivity contribution in [3.63, 3.8) is 0 Å². The molecule has 0 bridgehead atoms. The van der Waals surface area contributed by atoms with Crippen LogP contribution >= 0.6 is 0 Å². The van der Waals surface area contributed by atoms with E-state index in [2.05, 4.69) is 15.4 Å². The lowest BCUT2D eigenvalue weighted by molar-refractivity contribution is 0.343. The number of anilines is 1. The molecule has 0 saturated carbocycles. The van der Waals surface area contributed by atoms with Gasteiger partial charge in [-0.15, -0.1) is 0 Å². The maximum atomic E-state index is 5.57. The van der Waals surface area contributed by atoms with Crippen molar-refractivity contribution < 1.29 is 4.74 Å². The summed E-state index contributed by atoms with van der Waals surface area (Å²) in [6, 6.07) is 3.93. The van der Waals surface area contributed by atoms with Gasteiger partial charge in [0.2, 0.25) is 0 Å². The van der Waals surface area contributed by atoms with E-state index in [0.717, 1.165) is 28.0 Å². The highest BCUT2D eigenvalue weighted by molar-refractivity contribution is 5.83. The average molecular weight is 232 g/mol. The van der Waals surface area contributed by atoms with E-state index >= 15 is 0 Å². The predicted molar refractivity (Wildman–Crippen MR) is 68.0 cm³/mol. The fourth-order valence-electron chi connectivity index (χ4n) is 1.75. The standard InChI is InChI=1S/C12H16N4O/c1-4-17-10-6-7(2)5-9-11(10)14-8(3)12(15-9)16-13/h5-6H,4,13H2,1-3H3,(H,15,16). The molecule has 2 rings (SSSR count). The highest BCUT2D eigenvalue weighted by Crippen LogP contribution is 2.26. The number of hydrazine groups is 1. The largest absolute Gasteiger partial charge is 0.492 e. The highest BCUT2D eigenvalue weighted by atomic mass is 16.5. The third kappa shape index (κ3) is 2.14. The monoisotopic (exact) mass is 232 g/mol. The summed E-state index contributed by atoms with van der Waals surface area (Å²) in [6.07, 6.45) is 0. The molecule has 3 N–H and O–H groups in total. The van der Waals surface area contributed by atoms with Gasteiger partial charge in [0.15, 0.2) is 5.82 Å². The predicted octanol–water partition coefficient (Wildman–Crippen LogP) is 1.93. The van der Waals surface area contributed by atoms with Crippen molar-refractivity contribution in [1.82, 2.24) is 9.97 Å². The van der Waals surface area contributed by atoms with E-state index in [9.17, 15) is 0 Å². The molecule has 1 heterocycles. The Morgan fingerprint density at radius 3 is 2.71 bits per heavy atom. The Kier molecular flexibility index (Phi) is 3.10. The van der Waals surface area contributed by atoms with Gasteiger partial charge in [-0.25, -0.2) is 15.8 Å². The lowest BCUT2D eigenvalue weighted by Crippen LogP contribution is -2.11. The second kappa shape index (κ2) is 4.55. The highest BCUT2D eigenvalue weighted by Gasteiger charge is 2.09. The second-order valence-electron chi connectivity index (χ2n) is 3.87. The van der Waals surface area contributed by atoms with Gasteiger partial charge in [-0.3, -0.25) is 0 Å². The minimum Gasteiger partial charge on any atom is -0.492 e. The van der Waals surface area contributed by atoms with E-state index in [1.54, 1.807) is 0 Å². The molecule has 90 valence electrons. The minimum absolute atomic E-state index is 0.588. The van der Waals surface area contributed by atoms with Crippen LogP contribution in [0.5, 0.6) is 5.75 Å². The molecule has 0 amide bonds. The van der Waals surface area contributed by atoms with Gasteiger partial charge in [0.1, 0.15) is 11.3 Å². The minimum atomic E-state index is 0.588. The summed E-state index contributed by atoms with van der Waals surface area (Å²) in [4.78, 5) is 8.89. The molecule has 0 aliphatic rings. The van der Waals surface area contributed by atoms with E-state index in [1.807, 2.05) is 32.9 Å². The van der Waals surface area contributed by atoms with Crippen molar-refractivity contribution in [3.05, 3.63) is 23.4 Å². The maximum absolute atomic E-state index is 5.57. The molecule has 17 heavy (non-hydrogen) atoms. The van der Waals surface area contributed by atoms with Crippen molar-refractivity contribution in [2.24, 2.45) is 5.84 Å². The first kappa shape index (κ1) is 11.6. The summed E-state index contributed by atoms with van der Waals surface area (Å²) in [5.41, 5.74) is 5.94. The SMILES string of the molecule is CCOc1cc(C)cc2nc(NN)c(C)nc12. The van der Waals surface area contributed by atoms with Crippen LogP contribution < -0.4 is 16.0 Å². The zero-order chi connectivity index (χ0) is 12.4. The van der Waals surface area contributed by atoms with Gasteiger partial charge < -0.3 is 10.2 Å². The summed E-state index contributed by atoms with van der Waals surface area (Å²) in [7, 11) is 0. The molecule has 1 aromatic heterocycles. The molecule has 0 saturated heterocycles. The number of aryl methyl sites for hydroxylation is 2. The summed E-state index contributed by atoms with van der Waals surface area (Å²) in [5, 5.41) is 0. The third-order valence-corrected chi connectivity index (χ3v) is 2.49. The Labute approximate surface area is 100.0 Å². The van der Waals surface area contributed by atoms with Gasteiger partial charge in [0, 0.05) is 0 Å². The van der Waals surface area contributed by atoms with Crippen LogP contribution in [0.15, 0.2) is 12.1 Å². The van der Waals surface area contributed by atoms with Gasteiger partial charge in [0.25, 0.3) is 0 Å². The number of nitrogen functional groups attached to an aromatic ring is 1. The van der Waals surface area contributed by atoms with E-state index in [-0.39, 0.29) is 0 Å².